The molecule has 1 saturated heterocycles. The third-order valence-corrected chi connectivity index (χ3v) is 8.24. The summed E-state index contributed by atoms with van der Waals surface area (Å²) in [6.07, 6.45) is -0.0878. The predicted octanol–water partition coefficient (Wildman–Crippen LogP) is 4.88. The number of benzene rings is 1. The van der Waals surface area contributed by atoms with Crippen LogP contribution in [0.2, 0.25) is 0 Å². The van der Waals surface area contributed by atoms with Crippen LogP contribution in [0.25, 0.3) is 22.3 Å². The number of fused-ring (bicyclic) bond motifs is 1. The molecular weight excluding hydrogens is 564 g/mol. The molecule has 0 unspecified atom stereocenters. The summed E-state index contributed by atoms with van der Waals surface area (Å²) in [4.78, 5) is 28.6. The lowest BCUT2D eigenvalue weighted by Crippen LogP contribution is -2.45. The zero-order valence-electron chi connectivity index (χ0n) is 23.6. The highest BCUT2D eigenvalue weighted by atomic mass is 32.2. The van der Waals surface area contributed by atoms with Crippen molar-refractivity contribution in [3.8, 4) is 11.4 Å². The van der Waals surface area contributed by atoms with Crippen LogP contribution < -0.4 is 10.2 Å². The highest BCUT2D eigenvalue weighted by Crippen LogP contribution is 2.30. The Kier molecular flexibility index (Phi) is 8.20. The molecule has 1 N–H and O–H groups in total. The van der Waals surface area contributed by atoms with Gasteiger partial charge in [-0.15, -0.1) is 0 Å². The molecule has 1 fully saturated rings. The maximum atomic E-state index is 13.9. The number of amides is 1. The number of alkyl halides is 2. The van der Waals surface area contributed by atoms with Crippen molar-refractivity contribution >= 4 is 32.5 Å². The summed E-state index contributed by atoms with van der Waals surface area (Å²) >= 11 is 0. The number of rotatable bonds is 7. The number of hydrogen-bond donors (Lipinski definition) is 1. The lowest BCUT2D eigenvalue weighted by molar-refractivity contribution is -0.00547. The standard InChI is InChI=1S/C30H31F2N5O4S/c1-17-5-6-20(10-27(17)42(4,39)40)30(38)34-14-23-12-25-21(13-33-23)7-8-24(35-25)26-9-22(29(31)32)11-28(36-26)37-15-18(2)41-19(3)16-37/h5-13,18-19,29H,14-16H2,1-4H3,(H,34,38)/t18-,19+. The number of nitrogens with zero attached hydrogens (tertiary/aromatic N) is 4. The van der Waals surface area contributed by atoms with Crippen molar-refractivity contribution in [1.29, 1.82) is 0 Å². The molecule has 3 aromatic heterocycles. The number of anilines is 1. The van der Waals surface area contributed by atoms with Crippen LogP contribution in [0.15, 0.2) is 59.6 Å². The van der Waals surface area contributed by atoms with Gasteiger partial charge in [0, 0.05) is 42.1 Å². The largest absolute Gasteiger partial charge is 0.372 e. The van der Waals surface area contributed by atoms with Crippen molar-refractivity contribution in [3.05, 3.63) is 77.1 Å². The van der Waals surface area contributed by atoms with E-state index in [0.717, 1.165) is 11.6 Å². The minimum atomic E-state index is -3.49. The second-order valence-electron chi connectivity index (χ2n) is 10.6. The van der Waals surface area contributed by atoms with Crippen LogP contribution in [-0.4, -0.2) is 60.8 Å². The Morgan fingerprint density at radius 2 is 1.79 bits per heavy atom. The Balaban J connectivity index is 1.40. The molecular formula is C30H31F2N5O4S. The molecule has 4 heterocycles. The fourth-order valence-corrected chi connectivity index (χ4v) is 6.03. The van der Waals surface area contributed by atoms with Crippen molar-refractivity contribution in [1.82, 2.24) is 20.3 Å². The summed E-state index contributed by atoms with van der Waals surface area (Å²) in [5, 5.41) is 3.49. The summed E-state index contributed by atoms with van der Waals surface area (Å²) in [5.74, 6) is -0.00392. The van der Waals surface area contributed by atoms with Crippen LogP contribution in [0.4, 0.5) is 14.6 Å². The number of aryl methyl sites for hydroxylation is 1. The van der Waals surface area contributed by atoms with Crippen LogP contribution >= 0.6 is 0 Å². The predicted molar refractivity (Wildman–Crippen MR) is 155 cm³/mol. The Bertz CT molecular complexity index is 1760. The number of aromatic nitrogens is 3. The van der Waals surface area contributed by atoms with Gasteiger partial charge in [-0.3, -0.25) is 9.78 Å². The molecule has 0 aliphatic carbocycles. The smallest absolute Gasteiger partial charge is 0.264 e. The quantitative estimate of drug-likeness (QED) is 0.322. The lowest BCUT2D eigenvalue weighted by Gasteiger charge is -2.36. The molecule has 1 aromatic carbocycles. The zero-order chi connectivity index (χ0) is 30.2. The Morgan fingerprint density at radius 1 is 1.05 bits per heavy atom. The monoisotopic (exact) mass is 595 g/mol. The van der Waals surface area contributed by atoms with Crippen LogP contribution in [0.1, 0.15) is 47.5 Å². The molecule has 12 heteroatoms. The van der Waals surface area contributed by atoms with Crippen LogP contribution in [0.5, 0.6) is 0 Å². The van der Waals surface area contributed by atoms with Gasteiger partial charge in [0.1, 0.15) is 5.82 Å². The van der Waals surface area contributed by atoms with E-state index in [-0.39, 0.29) is 34.8 Å². The number of carbonyl (C=O) groups excluding carboxylic acids is 1. The maximum Gasteiger partial charge on any atom is 0.264 e. The van der Waals surface area contributed by atoms with Crippen molar-refractivity contribution in [2.24, 2.45) is 0 Å². The second kappa shape index (κ2) is 11.7. The van der Waals surface area contributed by atoms with Gasteiger partial charge in [0.2, 0.25) is 0 Å². The summed E-state index contributed by atoms with van der Waals surface area (Å²) < 4.78 is 57.6. The Morgan fingerprint density at radius 3 is 2.48 bits per heavy atom. The first-order valence-corrected chi connectivity index (χ1v) is 15.3. The second-order valence-corrected chi connectivity index (χ2v) is 12.6. The number of ether oxygens (including phenoxy) is 1. The van der Waals surface area contributed by atoms with Gasteiger partial charge in [0.15, 0.2) is 9.84 Å². The van der Waals surface area contributed by atoms with E-state index in [1.165, 1.54) is 18.2 Å². The number of pyridine rings is 3. The van der Waals surface area contributed by atoms with Crippen LogP contribution in [-0.2, 0) is 21.1 Å². The highest BCUT2D eigenvalue weighted by Gasteiger charge is 2.25. The fourth-order valence-electron chi connectivity index (χ4n) is 5.03. The molecule has 4 aromatic rings. The molecule has 220 valence electrons. The molecule has 0 bridgehead atoms. The van der Waals surface area contributed by atoms with E-state index >= 15 is 0 Å². The first kappa shape index (κ1) is 29.5. The maximum absolute atomic E-state index is 13.9. The summed E-state index contributed by atoms with van der Waals surface area (Å²) in [6, 6.07) is 12.5. The van der Waals surface area contributed by atoms with Crippen molar-refractivity contribution in [3.63, 3.8) is 0 Å². The molecule has 2 atom stereocenters. The van der Waals surface area contributed by atoms with E-state index in [1.807, 2.05) is 18.7 Å². The minimum absolute atomic E-state index is 0.0628. The number of nitrogens with one attached hydrogen (secondary N) is 1. The van der Waals surface area contributed by atoms with Gasteiger partial charge in [0.05, 0.1) is 46.2 Å². The average molecular weight is 596 g/mol. The van der Waals surface area contributed by atoms with Crippen molar-refractivity contribution in [2.75, 3.05) is 24.2 Å². The van der Waals surface area contributed by atoms with E-state index in [1.54, 1.807) is 43.5 Å². The van der Waals surface area contributed by atoms with E-state index in [4.69, 9.17) is 9.72 Å². The molecule has 1 aliphatic heterocycles. The van der Waals surface area contributed by atoms with Gasteiger partial charge in [-0.25, -0.2) is 27.2 Å². The molecule has 1 amide bonds. The van der Waals surface area contributed by atoms with E-state index < -0.39 is 22.2 Å². The summed E-state index contributed by atoms with van der Waals surface area (Å²) in [5.41, 5.74) is 2.45. The highest BCUT2D eigenvalue weighted by molar-refractivity contribution is 7.90. The molecule has 0 radical (unpaired) electrons. The molecule has 1 aliphatic rings. The zero-order valence-corrected chi connectivity index (χ0v) is 24.5. The molecule has 42 heavy (non-hydrogen) atoms. The first-order chi connectivity index (χ1) is 19.9. The summed E-state index contributed by atoms with van der Waals surface area (Å²) in [7, 11) is -3.49. The SMILES string of the molecule is Cc1ccc(C(=O)NCc2cc3nc(-c4cc(C(F)F)cc(N5C[C@@H](C)O[C@@H](C)C5)n4)ccc3cn2)cc1S(C)(=O)=O. The van der Waals surface area contributed by atoms with Crippen molar-refractivity contribution < 1.29 is 26.7 Å². The van der Waals surface area contributed by atoms with E-state index in [9.17, 15) is 22.0 Å². The van der Waals surface area contributed by atoms with Crippen molar-refractivity contribution in [2.45, 2.75) is 50.8 Å². The number of hydrogen-bond acceptors (Lipinski definition) is 8. The Hall–Kier alpha value is -4.03. The third kappa shape index (κ3) is 6.55. The molecule has 0 saturated carbocycles. The van der Waals surface area contributed by atoms with Gasteiger partial charge < -0.3 is 15.0 Å². The van der Waals surface area contributed by atoms with Gasteiger partial charge in [-0.05, 0) is 68.8 Å². The number of halogens is 2. The van der Waals surface area contributed by atoms with E-state index in [0.29, 0.717) is 47.1 Å². The minimum Gasteiger partial charge on any atom is -0.372 e. The van der Waals surface area contributed by atoms with Gasteiger partial charge in [0.25, 0.3) is 12.3 Å². The lowest BCUT2D eigenvalue weighted by atomic mass is 10.1. The number of sulfone groups is 1. The molecule has 9 nitrogen and oxygen atoms in total. The van der Waals surface area contributed by atoms with E-state index in [2.05, 4.69) is 15.3 Å². The van der Waals surface area contributed by atoms with Gasteiger partial charge >= 0.3 is 0 Å². The average Bonchev–Trinajstić information content (AvgIpc) is 2.94. The summed E-state index contributed by atoms with van der Waals surface area (Å²) in [6.45, 7) is 6.68. The number of morpholine rings is 1. The molecule has 0 spiro atoms. The molecule has 5 rings (SSSR count). The van der Waals surface area contributed by atoms with Crippen LogP contribution in [0, 0.1) is 6.92 Å². The first-order valence-electron chi connectivity index (χ1n) is 13.4. The normalized spacial score (nSPS) is 17.5. The van der Waals surface area contributed by atoms with Gasteiger partial charge in [-0.1, -0.05) is 6.07 Å². The number of carbonyl (C=O) groups is 1. The Labute approximate surface area is 242 Å². The third-order valence-electron chi connectivity index (χ3n) is 7.00. The van der Waals surface area contributed by atoms with Gasteiger partial charge in [-0.2, -0.15) is 0 Å². The topological polar surface area (TPSA) is 114 Å². The van der Waals surface area contributed by atoms with Crippen LogP contribution in [0.3, 0.4) is 0 Å². The fraction of sp³-hybridized carbons (Fsp3) is 0.333.